The molecule has 18 heavy (non-hydrogen) atoms. The number of alkyl halides is 3. The summed E-state index contributed by atoms with van der Waals surface area (Å²) >= 11 is 0. The molecule has 0 atom stereocenters. The highest BCUT2D eigenvalue weighted by Crippen LogP contribution is 2.44. The van der Waals surface area contributed by atoms with Crippen molar-refractivity contribution in [2.24, 2.45) is 0 Å². The number of hydrogen-bond donors (Lipinski definition) is 0. The molecular weight excluding hydrogens is 249 g/mol. The summed E-state index contributed by atoms with van der Waals surface area (Å²) in [7, 11) is 0. The van der Waals surface area contributed by atoms with Crippen LogP contribution >= 0.6 is 0 Å². The van der Waals surface area contributed by atoms with Crippen molar-refractivity contribution in [1.82, 2.24) is 0 Å². The molecule has 0 fully saturated rings. The first-order valence-electron chi connectivity index (χ1n) is 5.46. The number of carbonyl (C=O) groups excluding carboxylic acids is 1. The SMILES string of the molecule is O=CCCc1ccc(C(F)(F)F)c2c1OCCO2. The van der Waals surface area contributed by atoms with Crippen LogP contribution < -0.4 is 9.47 Å². The maximum atomic E-state index is 12.8. The molecule has 0 radical (unpaired) electrons. The van der Waals surface area contributed by atoms with Crippen molar-refractivity contribution in [1.29, 1.82) is 0 Å². The first-order chi connectivity index (χ1) is 8.54. The highest BCUT2D eigenvalue weighted by atomic mass is 19.4. The van der Waals surface area contributed by atoms with Gasteiger partial charge in [-0.1, -0.05) is 6.07 Å². The molecule has 0 bridgehead atoms. The number of carbonyl (C=O) groups is 1. The monoisotopic (exact) mass is 260 g/mol. The molecule has 3 nitrogen and oxygen atoms in total. The van der Waals surface area contributed by atoms with Crippen LogP contribution in [0.1, 0.15) is 17.5 Å². The van der Waals surface area contributed by atoms with Gasteiger partial charge in [-0.05, 0) is 18.1 Å². The molecule has 2 rings (SSSR count). The second kappa shape index (κ2) is 4.88. The molecule has 98 valence electrons. The van der Waals surface area contributed by atoms with Crippen LogP contribution in [0.3, 0.4) is 0 Å². The van der Waals surface area contributed by atoms with E-state index in [0.717, 1.165) is 6.07 Å². The molecule has 0 amide bonds. The Labute approximate surface area is 102 Å². The van der Waals surface area contributed by atoms with Crippen molar-refractivity contribution in [3.05, 3.63) is 23.3 Å². The molecule has 1 aromatic rings. The summed E-state index contributed by atoms with van der Waals surface area (Å²) < 4.78 is 48.6. The molecule has 0 saturated heterocycles. The summed E-state index contributed by atoms with van der Waals surface area (Å²) in [6.45, 7) is 0.301. The number of rotatable bonds is 3. The van der Waals surface area contributed by atoms with Gasteiger partial charge >= 0.3 is 6.18 Å². The highest BCUT2D eigenvalue weighted by molar-refractivity contribution is 5.56. The molecule has 0 N–H and O–H groups in total. The number of ether oxygens (including phenoxy) is 2. The third kappa shape index (κ3) is 2.42. The van der Waals surface area contributed by atoms with E-state index in [1.165, 1.54) is 6.07 Å². The Kier molecular flexibility index (Phi) is 3.45. The summed E-state index contributed by atoms with van der Waals surface area (Å²) in [5.74, 6) is -0.157. The van der Waals surface area contributed by atoms with Crippen molar-refractivity contribution in [2.45, 2.75) is 19.0 Å². The van der Waals surface area contributed by atoms with Crippen molar-refractivity contribution < 1.29 is 27.4 Å². The Morgan fingerprint density at radius 1 is 1.17 bits per heavy atom. The molecule has 0 spiro atoms. The predicted molar refractivity (Wildman–Crippen MR) is 56.8 cm³/mol. The molecule has 1 aliphatic rings. The van der Waals surface area contributed by atoms with Gasteiger partial charge in [0.2, 0.25) is 0 Å². The smallest absolute Gasteiger partial charge is 0.420 e. The number of aldehydes is 1. The second-order valence-electron chi connectivity index (χ2n) is 3.83. The van der Waals surface area contributed by atoms with Gasteiger partial charge in [-0.2, -0.15) is 13.2 Å². The summed E-state index contributed by atoms with van der Waals surface area (Å²) in [6.07, 6.45) is -3.18. The third-order valence-corrected chi connectivity index (χ3v) is 2.61. The lowest BCUT2D eigenvalue weighted by Crippen LogP contribution is -2.20. The van der Waals surface area contributed by atoms with E-state index in [1.807, 2.05) is 0 Å². The Bertz CT molecular complexity index is 455. The van der Waals surface area contributed by atoms with E-state index in [1.54, 1.807) is 0 Å². The molecule has 1 aliphatic heterocycles. The van der Waals surface area contributed by atoms with Crippen molar-refractivity contribution in [2.75, 3.05) is 13.2 Å². The van der Waals surface area contributed by atoms with E-state index in [4.69, 9.17) is 9.47 Å². The fraction of sp³-hybridized carbons (Fsp3) is 0.417. The largest absolute Gasteiger partial charge is 0.486 e. The standard InChI is InChI=1S/C12H11F3O3/c13-12(14,15)9-4-3-8(2-1-5-16)10-11(9)18-7-6-17-10/h3-5H,1-2,6-7H2. The first-order valence-corrected chi connectivity index (χ1v) is 5.46. The van der Waals surface area contributed by atoms with Crippen LogP contribution in [0.5, 0.6) is 11.5 Å². The van der Waals surface area contributed by atoms with Gasteiger partial charge in [0.15, 0.2) is 11.5 Å². The van der Waals surface area contributed by atoms with Gasteiger partial charge < -0.3 is 14.3 Å². The average molecular weight is 260 g/mol. The average Bonchev–Trinajstić information content (AvgIpc) is 2.34. The molecule has 6 heteroatoms. The van der Waals surface area contributed by atoms with E-state index in [9.17, 15) is 18.0 Å². The lowest BCUT2D eigenvalue weighted by Gasteiger charge is -2.24. The summed E-state index contributed by atoms with van der Waals surface area (Å²) in [6, 6.07) is 2.30. The third-order valence-electron chi connectivity index (χ3n) is 2.61. The van der Waals surface area contributed by atoms with Gasteiger partial charge in [0.25, 0.3) is 0 Å². The van der Waals surface area contributed by atoms with E-state index in [-0.39, 0.29) is 31.1 Å². The quantitative estimate of drug-likeness (QED) is 0.784. The minimum Gasteiger partial charge on any atom is -0.486 e. The van der Waals surface area contributed by atoms with Gasteiger partial charge in [-0.3, -0.25) is 0 Å². The zero-order chi connectivity index (χ0) is 13.2. The van der Waals surface area contributed by atoms with E-state index in [0.29, 0.717) is 18.3 Å². The van der Waals surface area contributed by atoms with E-state index < -0.39 is 11.7 Å². The number of aryl methyl sites for hydroxylation is 1. The zero-order valence-electron chi connectivity index (χ0n) is 9.42. The normalized spacial score (nSPS) is 14.4. The van der Waals surface area contributed by atoms with Gasteiger partial charge in [0, 0.05) is 6.42 Å². The number of benzene rings is 1. The predicted octanol–water partition coefficient (Wildman–Crippen LogP) is 2.61. The maximum absolute atomic E-state index is 12.8. The Morgan fingerprint density at radius 2 is 1.83 bits per heavy atom. The highest BCUT2D eigenvalue weighted by Gasteiger charge is 2.37. The zero-order valence-corrected chi connectivity index (χ0v) is 9.42. The van der Waals surface area contributed by atoms with Gasteiger partial charge in [-0.25, -0.2) is 0 Å². The first kappa shape index (κ1) is 12.7. The molecule has 0 unspecified atom stereocenters. The summed E-state index contributed by atoms with van der Waals surface area (Å²) in [5, 5.41) is 0. The van der Waals surface area contributed by atoms with Crippen molar-refractivity contribution in [3.63, 3.8) is 0 Å². The fourth-order valence-corrected chi connectivity index (χ4v) is 1.83. The minimum atomic E-state index is -4.48. The van der Waals surface area contributed by atoms with Crippen molar-refractivity contribution in [3.8, 4) is 11.5 Å². The molecular formula is C12H11F3O3. The van der Waals surface area contributed by atoms with Crippen LogP contribution in [0.25, 0.3) is 0 Å². The lowest BCUT2D eigenvalue weighted by atomic mass is 10.0. The van der Waals surface area contributed by atoms with Crippen LogP contribution in [-0.4, -0.2) is 19.5 Å². The Morgan fingerprint density at radius 3 is 2.44 bits per heavy atom. The Balaban J connectivity index is 2.45. The fourth-order valence-electron chi connectivity index (χ4n) is 1.83. The van der Waals surface area contributed by atoms with Gasteiger partial charge in [-0.15, -0.1) is 0 Å². The number of fused-ring (bicyclic) bond motifs is 1. The van der Waals surface area contributed by atoms with Crippen molar-refractivity contribution >= 4 is 6.29 Å². The summed E-state index contributed by atoms with van der Waals surface area (Å²) in [4.78, 5) is 10.3. The lowest BCUT2D eigenvalue weighted by molar-refractivity contribution is -0.139. The van der Waals surface area contributed by atoms with E-state index in [2.05, 4.69) is 0 Å². The van der Waals surface area contributed by atoms with Crippen LogP contribution in [0, 0.1) is 0 Å². The summed E-state index contributed by atoms with van der Waals surface area (Å²) in [5.41, 5.74) is -0.281. The number of hydrogen-bond acceptors (Lipinski definition) is 3. The Hall–Kier alpha value is -1.72. The molecule has 0 saturated carbocycles. The minimum absolute atomic E-state index is 0.0905. The topological polar surface area (TPSA) is 35.5 Å². The molecule has 0 aliphatic carbocycles. The second-order valence-corrected chi connectivity index (χ2v) is 3.83. The molecule has 1 heterocycles. The van der Waals surface area contributed by atoms with Gasteiger partial charge in [0.1, 0.15) is 25.1 Å². The van der Waals surface area contributed by atoms with Crippen LogP contribution in [0.2, 0.25) is 0 Å². The van der Waals surface area contributed by atoms with Gasteiger partial charge in [0.05, 0.1) is 0 Å². The van der Waals surface area contributed by atoms with Crippen LogP contribution in [-0.2, 0) is 17.4 Å². The van der Waals surface area contributed by atoms with Crippen LogP contribution in [0.15, 0.2) is 12.1 Å². The molecule has 1 aromatic carbocycles. The van der Waals surface area contributed by atoms with Crippen LogP contribution in [0.4, 0.5) is 13.2 Å². The number of halogens is 3. The van der Waals surface area contributed by atoms with E-state index >= 15 is 0 Å². The molecule has 0 aromatic heterocycles. The maximum Gasteiger partial charge on any atom is 0.420 e.